The molecule has 0 aliphatic heterocycles. The molecule has 8 nitrogen and oxygen atoms in total. The largest absolute Gasteiger partial charge is 0.493 e. The molecule has 0 aromatic heterocycles. The summed E-state index contributed by atoms with van der Waals surface area (Å²) in [7, 11) is 5.04. The highest BCUT2D eigenvalue weighted by molar-refractivity contribution is 6.09. The molecule has 1 aromatic carbocycles. The molecule has 130 valence electrons. The van der Waals surface area contributed by atoms with Crippen LogP contribution in [0, 0.1) is 33.5 Å². The Kier molecular flexibility index (Phi) is 4.58. The number of nitriles is 2. The molecule has 0 heterocycles. The molecule has 0 N–H and O–H groups in total. The van der Waals surface area contributed by atoms with Crippen molar-refractivity contribution in [3.63, 3.8) is 0 Å². The first-order valence-corrected chi connectivity index (χ1v) is 7.16. The highest BCUT2D eigenvalue weighted by Gasteiger charge is 2.89. The quantitative estimate of drug-likeness (QED) is 0.577. The Morgan fingerprint density at radius 3 is 1.88 bits per heavy atom. The normalized spacial score (nSPS) is 18.9. The van der Waals surface area contributed by atoms with Gasteiger partial charge in [-0.25, -0.2) is 0 Å². The Morgan fingerprint density at radius 1 is 0.960 bits per heavy atom. The van der Waals surface area contributed by atoms with E-state index in [4.69, 9.17) is 18.9 Å². The second-order valence-electron chi connectivity index (χ2n) is 5.37. The van der Waals surface area contributed by atoms with Crippen molar-refractivity contribution >= 4 is 11.9 Å². The van der Waals surface area contributed by atoms with Crippen molar-refractivity contribution < 1.29 is 28.5 Å². The third kappa shape index (κ3) is 2.11. The van der Waals surface area contributed by atoms with E-state index in [2.05, 4.69) is 0 Å². The first kappa shape index (κ1) is 18.1. The predicted octanol–water partition coefficient (Wildman–Crippen LogP) is 1.17. The summed E-state index contributed by atoms with van der Waals surface area (Å²) >= 11 is 0. The number of ether oxygens (including phenoxy) is 4. The second kappa shape index (κ2) is 6.33. The van der Waals surface area contributed by atoms with E-state index in [0.717, 1.165) is 14.2 Å². The Morgan fingerprint density at radius 2 is 1.48 bits per heavy atom. The number of esters is 2. The second-order valence-corrected chi connectivity index (χ2v) is 5.37. The van der Waals surface area contributed by atoms with Crippen molar-refractivity contribution in [2.45, 2.75) is 5.92 Å². The molecule has 0 saturated heterocycles. The number of nitrogens with zero attached hydrogens (tertiary/aromatic N) is 2. The standard InChI is InChI=1S/C17H16N2O6/c1-22-11-6-5-10(7-12(11)23-2)13-16(8-18,9-19)17(13,14(20)24-3)15(21)25-4/h5-7,13H,1-4H3. The molecule has 8 heteroatoms. The van der Waals surface area contributed by atoms with Crippen molar-refractivity contribution in [3.05, 3.63) is 23.8 Å². The maximum absolute atomic E-state index is 12.4. The van der Waals surface area contributed by atoms with Gasteiger partial charge in [0.15, 0.2) is 16.9 Å². The average Bonchev–Trinajstić information content (AvgIpc) is 3.30. The molecular formula is C17H16N2O6. The summed E-state index contributed by atoms with van der Waals surface area (Å²) in [5, 5.41) is 19.2. The molecule has 1 aromatic rings. The minimum Gasteiger partial charge on any atom is -0.493 e. The highest BCUT2D eigenvalue weighted by atomic mass is 16.5. The average molecular weight is 344 g/mol. The maximum Gasteiger partial charge on any atom is 0.326 e. The number of carbonyl (C=O) groups excluding carboxylic acids is 2. The maximum atomic E-state index is 12.4. The molecular weight excluding hydrogens is 328 g/mol. The number of carbonyl (C=O) groups is 2. The van der Waals surface area contributed by atoms with Gasteiger partial charge in [-0.3, -0.25) is 9.59 Å². The predicted molar refractivity (Wildman–Crippen MR) is 82.4 cm³/mol. The summed E-state index contributed by atoms with van der Waals surface area (Å²) in [5.41, 5.74) is -3.61. The summed E-state index contributed by atoms with van der Waals surface area (Å²) < 4.78 is 19.8. The molecule has 1 unspecified atom stereocenters. The Balaban J connectivity index is 2.71. The zero-order valence-corrected chi connectivity index (χ0v) is 14.2. The van der Waals surface area contributed by atoms with Crippen LogP contribution in [0.15, 0.2) is 18.2 Å². The van der Waals surface area contributed by atoms with E-state index in [1.807, 2.05) is 0 Å². The van der Waals surface area contributed by atoms with E-state index in [-0.39, 0.29) is 0 Å². The van der Waals surface area contributed by atoms with Crippen LogP contribution in [0.25, 0.3) is 0 Å². The first-order chi connectivity index (χ1) is 11.9. The molecule has 1 saturated carbocycles. The fourth-order valence-electron chi connectivity index (χ4n) is 3.30. The summed E-state index contributed by atoms with van der Waals surface area (Å²) in [6.07, 6.45) is 0. The van der Waals surface area contributed by atoms with Gasteiger partial charge in [0, 0.05) is 5.92 Å². The van der Waals surface area contributed by atoms with Gasteiger partial charge >= 0.3 is 11.9 Å². The fraction of sp³-hybridized carbons (Fsp3) is 0.412. The smallest absolute Gasteiger partial charge is 0.326 e. The summed E-state index contributed by atoms with van der Waals surface area (Å²) in [6, 6.07) is 8.24. The molecule has 1 fully saturated rings. The van der Waals surface area contributed by atoms with Crippen molar-refractivity contribution in [2.24, 2.45) is 10.8 Å². The van der Waals surface area contributed by atoms with Crippen LogP contribution in [-0.2, 0) is 19.1 Å². The van der Waals surface area contributed by atoms with Gasteiger partial charge in [0.25, 0.3) is 0 Å². The van der Waals surface area contributed by atoms with Crippen LogP contribution in [0.2, 0.25) is 0 Å². The lowest BCUT2D eigenvalue weighted by atomic mass is 9.95. The third-order valence-electron chi connectivity index (χ3n) is 4.51. The van der Waals surface area contributed by atoms with Gasteiger partial charge in [0.1, 0.15) is 0 Å². The number of benzene rings is 1. The van der Waals surface area contributed by atoms with Gasteiger partial charge in [0.2, 0.25) is 5.41 Å². The fourth-order valence-corrected chi connectivity index (χ4v) is 3.30. The molecule has 0 amide bonds. The molecule has 1 aliphatic rings. The zero-order chi connectivity index (χ0) is 18.8. The van der Waals surface area contributed by atoms with Crippen LogP contribution in [0.1, 0.15) is 11.5 Å². The van der Waals surface area contributed by atoms with Crippen LogP contribution in [0.5, 0.6) is 11.5 Å². The van der Waals surface area contributed by atoms with E-state index >= 15 is 0 Å². The summed E-state index contributed by atoms with van der Waals surface area (Å²) in [4.78, 5) is 24.8. The van der Waals surface area contributed by atoms with Crippen molar-refractivity contribution in [2.75, 3.05) is 28.4 Å². The van der Waals surface area contributed by atoms with E-state index in [9.17, 15) is 20.1 Å². The van der Waals surface area contributed by atoms with Crippen LogP contribution in [0.4, 0.5) is 0 Å². The van der Waals surface area contributed by atoms with Crippen molar-refractivity contribution in [3.8, 4) is 23.6 Å². The number of rotatable bonds is 5. The topological polar surface area (TPSA) is 119 Å². The molecule has 1 atom stereocenters. The first-order valence-electron chi connectivity index (χ1n) is 7.16. The van der Waals surface area contributed by atoms with Gasteiger partial charge in [-0.05, 0) is 17.7 Å². The molecule has 0 spiro atoms. The Bertz CT molecular complexity index is 774. The Labute approximate surface area is 144 Å². The SMILES string of the molecule is COC(=O)C1(C(=O)OC)C(c2ccc(OC)c(OC)c2)C1(C#N)C#N. The molecule has 2 rings (SSSR count). The van der Waals surface area contributed by atoms with Crippen LogP contribution in [0.3, 0.4) is 0 Å². The van der Waals surface area contributed by atoms with Crippen LogP contribution in [-0.4, -0.2) is 40.4 Å². The third-order valence-corrected chi connectivity index (χ3v) is 4.51. The number of hydrogen-bond acceptors (Lipinski definition) is 8. The highest BCUT2D eigenvalue weighted by Crippen LogP contribution is 2.75. The van der Waals surface area contributed by atoms with E-state index < -0.39 is 28.7 Å². The van der Waals surface area contributed by atoms with E-state index in [1.165, 1.54) is 20.3 Å². The van der Waals surface area contributed by atoms with Crippen molar-refractivity contribution in [1.82, 2.24) is 0 Å². The van der Waals surface area contributed by atoms with E-state index in [1.54, 1.807) is 24.3 Å². The monoisotopic (exact) mass is 344 g/mol. The molecule has 0 bridgehead atoms. The van der Waals surface area contributed by atoms with Crippen LogP contribution >= 0.6 is 0 Å². The minimum atomic E-state index is -2.06. The summed E-state index contributed by atoms with van der Waals surface area (Å²) in [6.45, 7) is 0. The number of hydrogen-bond donors (Lipinski definition) is 0. The molecule has 25 heavy (non-hydrogen) atoms. The number of methoxy groups -OCH3 is 4. The molecule has 0 radical (unpaired) electrons. The lowest BCUT2D eigenvalue weighted by Crippen LogP contribution is -2.34. The lowest BCUT2D eigenvalue weighted by Gasteiger charge is -2.13. The van der Waals surface area contributed by atoms with Gasteiger partial charge in [-0.2, -0.15) is 10.5 Å². The summed E-state index contributed by atoms with van der Waals surface area (Å²) in [5.74, 6) is -2.30. The van der Waals surface area contributed by atoms with Gasteiger partial charge in [0.05, 0.1) is 40.6 Å². The van der Waals surface area contributed by atoms with Crippen molar-refractivity contribution in [1.29, 1.82) is 10.5 Å². The van der Waals surface area contributed by atoms with Gasteiger partial charge < -0.3 is 18.9 Å². The van der Waals surface area contributed by atoms with E-state index in [0.29, 0.717) is 17.1 Å². The lowest BCUT2D eigenvalue weighted by molar-refractivity contribution is -0.162. The van der Waals surface area contributed by atoms with Gasteiger partial charge in [-0.1, -0.05) is 6.07 Å². The molecule has 1 aliphatic carbocycles. The Hall–Kier alpha value is -3.26. The van der Waals surface area contributed by atoms with Gasteiger partial charge in [-0.15, -0.1) is 0 Å². The minimum absolute atomic E-state index is 0.334. The van der Waals surface area contributed by atoms with Crippen LogP contribution < -0.4 is 9.47 Å². The zero-order valence-electron chi connectivity index (χ0n) is 14.2.